The zero-order valence-electron chi connectivity index (χ0n) is 15.4. The molecule has 2 aliphatic rings. The van der Waals surface area contributed by atoms with Crippen LogP contribution in [-0.4, -0.2) is 48.4 Å². The topological polar surface area (TPSA) is 72.9 Å². The lowest BCUT2D eigenvalue weighted by molar-refractivity contribution is 0.00910. The van der Waals surface area contributed by atoms with Crippen molar-refractivity contribution in [1.82, 2.24) is 4.90 Å². The molecule has 1 atom stereocenters. The van der Waals surface area contributed by atoms with Crippen molar-refractivity contribution in [3.63, 3.8) is 0 Å². The monoisotopic (exact) mass is 386 g/mol. The van der Waals surface area contributed by atoms with Gasteiger partial charge in [0, 0.05) is 24.1 Å². The number of carbonyl (C=O) groups is 1. The van der Waals surface area contributed by atoms with E-state index < -0.39 is 10.4 Å². The minimum absolute atomic E-state index is 0.0342. The molecule has 27 heavy (non-hydrogen) atoms. The van der Waals surface area contributed by atoms with Crippen LogP contribution < -0.4 is 9.04 Å². The molecule has 0 aliphatic carbocycles. The second-order valence-electron chi connectivity index (χ2n) is 7.46. The van der Waals surface area contributed by atoms with Gasteiger partial charge in [0.2, 0.25) is 0 Å². The SMILES string of the molecule is COc1ccc(C(=O)N2CC3(Cc4ccccc4N([S+](C)(=O)[O-])C3)C2)cc1. The number of anilines is 1. The fourth-order valence-electron chi connectivity index (χ4n) is 4.08. The molecule has 2 aromatic carbocycles. The maximum Gasteiger partial charge on any atom is 0.253 e. The van der Waals surface area contributed by atoms with E-state index in [2.05, 4.69) is 0 Å². The van der Waals surface area contributed by atoms with E-state index in [1.165, 1.54) is 10.6 Å². The maximum absolute atomic E-state index is 12.7. The molecule has 6 nitrogen and oxygen atoms in total. The molecule has 2 heterocycles. The molecule has 0 radical (unpaired) electrons. The summed E-state index contributed by atoms with van der Waals surface area (Å²) in [5.41, 5.74) is 2.16. The van der Waals surface area contributed by atoms with Crippen LogP contribution in [0.25, 0.3) is 0 Å². The van der Waals surface area contributed by atoms with Crippen molar-refractivity contribution >= 4 is 22.0 Å². The van der Waals surface area contributed by atoms with E-state index in [0.29, 0.717) is 30.9 Å². The number of likely N-dealkylation sites (tertiary alicyclic amines) is 1. The first-order valence-electron chi connectivity index (χ1n) is 8.80. The molecule has 4 rings (SSSR count). The van der Waals surface area contributed by atoms with E-state index in [0.717, 1.165) is 17.7 Å². The molecule has 0 aromatic heterocycles. The largest absolute Gasteiger partial charge is 0.593 e. The fourth-order valence-corrected chi connectivity index (χ4v) is 5.13. The van der Waals surface area contributed by atoms with Crippen molar-refractivity contribution in [3.8, 4) is 5.75 Å². The summed E-state index contributed by atoms with van der Waals surface area (Å²) in [6.07, 6.45) is 2.02. The molecule has 7 heteroatoms. The molecule has 1 fully saturated rings. The van der Waals surface area contributed by atoms with Gasteiger partial charge >= 0.3 is 0 Å². The van der Waals surface area contributed by atoms with E-state index in [1.807, 2.05) is 24.3 Å². The van der Waals surface area contributed by atoms with Gasteiger partial charge in [-0.1, -0.05) is 22.4 Å². The molecule has 0 saturated carbocycles. The van der Waals surface area contributed by atoms with Crippen molar-refractivity contribution < 1.29 is 18.3 Å². The van der Waals surface area contributed by atoms with E-state index in [-0.39, 0.29) is 11.3 Å². The molecular formula is C20H22N2O4S. The Bertz CT molecular complexity index is 916. The number of sulfonamides is 1. The first kappa shape index (κ1) is 18.0. The predicted octanol–water partition coefficient (Wildman–Crippen LogP) is 2.37. The number of benzene rings is 2. The summed E-state index contributed by atoms with van der Waals surface area (Å²) in [4.78, 5) is 14.5. The van der Waals surface area contributed by atoms with Crippen LogP contribution in [0.5, 0.6) is 5.75 Å². The third-order valence-electron chi connectivity index (χ3n) is 5.38. The molecule has 142 valence electrons. The van der Waals surface area contributed by atoms with E-state index >= 15 is 0 Å². The molecule has 0 N–H and O–H groups in total. The zero-order valence-corrected chi connectivity index (χ0v) is 16.2. The summed E-state index contributed by atoms with van der Waals surface area (Å²) in [5.74, 6) is 0.673. The number of hydrogen-bond acceptors (Lipinski definition) is 4. The summed E-state index contributed by atoms with van der Waals surface area (Å²) in [5, 5.41) is 0. The average molecular weight is 386 g/mol. The van der Waals surface area contributed by atoms with Crippen LogP contribution >= 0.6 is 0 Å². The highest BCUT2D eigenvalue weighted by molar-refractivity contribution is 7.98. The Balaban J connectivity index is 1.53. The summed E-state index contributed by atoms with van der Waals surface area (Å²) in [6, 6.07) is 14.7. The third kappa shape index (κ3) is 3.21. The average Bonchev–Trinajstić information content (AvgIpc) is 2.64. The van der Waals surface area contributed by atoms with Gasteiger partial charge in [0.05, 0.1) is 19.3 Å². The Labute approximate surface area is 160 Å². The van der Waals surface area contributed by atoms with Gasteiger partial charge in [-0.15, -0.1) is 0 Å². The van der Waals surface area contributed by atoms with Crippen molar-refractivity contribution in [2.75, 3.05) is 37.3 Å². The summed E-state index contributed by atoms with van der Waals surface area (Å²) in [6.45, 7) is 1.52. The van der Waals surface area contributed by atoms with Gasteiger partial charge in [-0.25, -0.2) is 0 Å². The predicted molar refractivity (Wildman–Crippen MR) is 104 cm³/mol. The van der Waals surface area contributed by atoms with Crippen LogP contribution in [0.15, 0.2) is 48.5 Å². The molecule has 1 saturated heterocycles. The second-order valence-corrected chi connectivity index (χ2v) is 9.37. The normalized spacial score (nSPS) is 19.8. The number of fused-ring (bicyclic) bond motifs is 1. The highest BCUT2D eigenvalue weighted by atomic mass is 32.3. The van der Waals surface area contributed by atoms with E-state index in [9.17, 15) is 13.6 Å². The van der Waals surface area contributed by atoms with Gasteiger partial charge in [0.15, 0.2) is 0 Å². The Hall–Kier alpha value is -2.38. The lowest BCUT2D eigenvalue weighted by Gasteiger charge is -2.54. The molecular weight excluding hydrogens is 364 g/mol. The van der Waals surface area contributed by atoms with Gasteiger partial charge in [0.1, 0.15) is 22.4 Å². The highest BCUT2D eigenvalue weighted by Gasteiger charge is 2.51. The maximum atomic E-state index is 12.7. The summed E-state index contributed by atoms with van der Waals surface area (Å²) < 4.78 is 31.2. The molecule has 0 bridgehead atoms. The number of methoxy groups -OCH3 is 1. The zero-order chi connectivity index (χ0) is 19.2. The molecule has 2 aromatic rings. The Morgan fingerprint density at radius 3 is 2.41 bits per heavy atom. The first-order chi connectivity index (χ1) is 12.8. The van der Waals surface area contributed by atoms with Gasteiger partial charge in [-0.3, -0.25) is 4.79 Å². The lowest BCUT2D eigenvalue weighted by Crippen LogP contribution is -2.65. The van der Waals surface area contributed by atoms with Gasteiger partial charge < -0.3 is 14.2 Å². The van der Waals surface area contributed by atoms with E-state index in [1.54, 1.807) is 36.3 Å². The molecule has 1 amide bonds. The minimum atomic E-state index is -3.37. The number of rotatable bonds is 3. The Kier molecular flexibility index (Phi) is 4.24. The van der Waals surface area contributed by atoms with Crippen LogP contribution in [0.3, 0.4) is 0 Å². The van der Waals surface area contributed by atoms with E-state index in [4.69, 9.17) is 4.74 Å². The number of ether oxygens (including phenoxy) is 1. The Morgan fingerprint density at radius 1 is 1.11 bits per heavy atom. The van der Waals surface area contributed by atoms with Crippen LogP contribution in [0, 0.1) is 5.41 Å². The van der Waals surface area contributed by atoms with Crippen molar-refractivity contribution in [2.24, 2.45) is 5.41 Å². The lowest BCUT2D eigenvalue weighted by atomic mass is 9.72. The minimum Gasteiger partial charge on any atom is -0.593 e. The Morgan fingerprint density at radius 2 is 1.78 bits per heavy atom. The fraction of sp³-hybridized carbons (Fsp3) is 0.350. The highest BCUT2D eigenvalue weighted by Crippen LogP contribution is 2.44. The number of nitrogens with zero attached hydrogens (tertiary/aromatic N) is 2. The number of carbonyl (C=O) groups excluding carboxylic acids is 1. The molecule has 1 unspecified atom stereocenters. The van der Waals surface area contributed by atoms with Crippen molar-refractivity contribution in [3.05, 3.63) is 59.7 Å². The molecule has 2 aliphatic heterocycles. The second kappa shape index (κ2) is 6.35. The molecule has 1 spiro atoms. The van der Waals surface area contributed by atoms with Crippen LogP contribution in [0.1, 0.15) is 15.9 Å². The van der Waals surface area contributed by atoms with Crippen LogP contribution in [0.4, 0.5) is 5.69 Å². The third-order valence-corrected chi connectivity index (χ3v) is 6.51. The van der Waals surface area contributed by atoms with Crippen molar-refractivity contribution in [2.45, 2.75) is 6.42 Å². The number of amides is 1. The number of para-hydroxylation sites is 1. The number of hydrogen-bond donors (Lipinski definition) is 0. The van der Waals surface area contributed by atoms with Gasteiger partial charge in [-0.2, -0.15) is 4.31 Å². The summed E-state index contributed by atoms with van der Waals surface area (Å²) >= 11 is 0. The smallest absolute Gasteiger partial charge is 0.253 e. The van der Waals surface area contributed by atoms with Gasteiger partial charge in [-0.05, 0) is 42.3 Å². The van der Waals surface area contributed by atoms with Gasteiger partial charge in [0.25, 0.3) is 5.91 Å². The quantitative estimate of drug-likeness (QED) is 0.759. The standard InChI is InChI=1S/C20H22N2O4S/c1-26-17-9-7-15(8-10-17)19(23)21-12-20(13-21)11-16-5-3-4-6-18(16)22(14-20)27(2,24)25/h3-10H,11-14H2,1-2H3. The first-order valence-corrected chi connectivity index (χ1v) is 10.7. The van der Waals surface area contributed by atoms with Crippen molar-refractivity contribution in [1.29, 1.82) is 0 Å². The van der Waals surface area contributed by atoms with Crippen LogP contribution in [0.2, 0.25) is 0 Å². The summed E-state index contributed by atoms with van der Waals surface area (Å²) in [7, 11) is -1.78. The van der Waals surface area contributed by atoms with Crippen LogP contribution in [-0.2, 0) is 21.0 Å².